The molecule has 0 amide bonds. The fraction of sp³-hybridized carbons (Fsp3) is 0.357. The fourth-order valence-electron chi connectivity index (χ4n) is 1.98. The van der Waals surface area contributed by atoms with Crippen molar-refractivity contribution in [3.05, 3.63) is 50.9 Å². The largest absolute Gasteiger partial charge is 0.388 e. The molecule has 1 unspecified atom stereocenters. The normalized spacial score (nSPS) is 12.6. The highest BCUT2D eigenvalue weighted by molar-refractivity contribution is 9.13. The van der Waals surface area contributed by atoms with Gasteiger partial charge in [-0.1, -0.05) is 13.0 Å². The number of imidazole rings is 1. The van der Waals surface area contributed by atoms with Gasteiger partial charge in [0.2, 0.25) is 0 Å². The smallest absolute Gasteiger partial charge is 0.111 e. The molecular formula is C14H16Br2N2O. The van der Waals surface area contributed by atoms with E-state index >= 15 is 0 Å². The number of aryl methyl sites for hydroxylation is 1. The number of aliphatic hydroxyl groups excluding tert-OH is 1. The van der Waals surface area contributed by atoms with Crippen LogP contribution in [0.2, 0.25) is 0 Å². The van der Waals surface area contributed by atoms with Gasteiger partial charge in [-0.25, -0.2) is 4.98 Å². The van der Waals surface area contributed by atoms with Gasteiger partial charge in [-0.3, -0.25) is 0 Å². The van der Waals surface area contributed by atoms with E-state index in [0.717, 1.165) is 33.3 Å². The lowest BCUT2D eigenvalue weighted by molar-refractivity contribution is 0.174. The molecule has 0 aliphatic rings. The molecule has 1 N–H and O–H groups in total. The number of hydrogen-bond acceptors (Lipinski definition) is 2. The van der Waals surface area contributed by atoms with Crippen LogP contribution in [0.3, 0.4) is 0 Å². The highest BCUT2D eigenvalue weighted by Crippen LogP contribution is 2.27. The van der Waals surface area contributed by atoms with E-state index in [0.29, 0.717) is 6.42 Å². The molecule has 102 valence electrons. The first-order valence-electron chi connectivity index (χ1n) is 6.24. The Kier molecular flexibility index (Phi) is 5.19. The molecule has 0 bridgehead atoms. The second-order valence-electron chi connectivity index (χ2n) is 4.43. The maximum atomic E-state index is 10.3. The number of aliphatic hydroxyl groups is 1. The number of nitrogens with zero attached hydrogens (tertiary/aromatic N) is 2. The third-order valence-electron chi connectivity index (χ3n) is 2.97. The monoisotopic (exact) mass is 386 g/mol. The standard InChI is InChI=1S/C14H16Br2N2O/c1-2-6-18-7-5-17-14(18)9-13(19)10-3-4-11(15)12(16)8-10/h3-5,7-8,13,19H,2,6,9H2,1H3. The first-order valence-corrected chi connectivity index (χ1v) is 7.83. The topological polar surface area (TPSA) is 38.0 Å². The van der Waals surface area contributed by atoms with Crippen LogP contribution in [0, 0.1) is 0 Å². The van der Waals surface area contributed by atoms with Crippen molar-refractivity contribution in [2.24, 2.45) is 0 Å². The molecule has 0 saturated heterocycles. The summed E-state index contributed by atoms with van der Waals surface area (Å²) in [5.41, 5.74) is 0.890. The molecule has 5 heteroatoms. The third kappa shape index (κ3) is 3.68. The molecule has 19 heavy (non-hydrogen) atoms. The van der Waals surface area contributed by atoms with Crippen molar-refractivity contribution >= 4 is 31.9 Å². The molecule has 0 spiro atoms. The SMILES string of the molecule is CCCn1ccnc1CC(O)c1ccc(Br)c(Br)c1. The van der Waals surface area contributed by atoms with Crippen LogP contribution in [0.1, 0.15) is 30.8 Å². The summed E-state index contributed by atoms with van der Waals surface area (Å²) >= 11 is 6.88. The average Bonchev–Trinajstić information content (AvgIpc) is 2.80. The van der Waals surface area contributed by atoms with Crippen LogP contribution in [0.5, 0.6) is 0 Å². The molecule has 3 nitrogen and oxygen atoms in total. The van der Waals surface area contributed by atoms with Gasteiger partial charge in [-0.2, -0.15) is 0 Å². The van der Waals surface area contributed by atoms with Gasteiger partial charge >= 0.3 is 0 Å². The number of aromatic nitrogens is 2. The van der Waals surface area contributed by atoms with Gasteiger partial charge < -0.3 is 9.67 Å². The molecule has 0 saturated carbocycles. The van der Waals surface area contributed by atoms with E-state index in [-0.39, 0.29) is 0 Å². The first-order chi connectivity index (χ1) is 9.11. The van der Waals surface area contributed by atoms with Gasteiger partial charge in [0.05, 0.1) is 6.10 Å². The number of halogens is 2. The van der Waals surface area contributed by atoms with Crippen molar-refractivity contribution in [3.8, 4) is 0 Å². The van der Waals surface area contributed by atoms with Crippen LogP contribution >= 0.6 is 31.9 Å². The van der Waals surface area contributed by atoms with Crippen LogP contribution in [0.25, 0.3) is 0 Å². The lowest BCUT2D eigenvalue weighted by Gasteiger charge is -2.13. The summed E-state index contributed by atoms with van der Waals surface area (Å²) in [4.78, 5) is 4.32. The first kappa shape index (κ1) is 14.8. The van der Waals surface area contributed by atoms with Crippen molar-refractivity contribution < 1.29 is 5.11 Å². The van der Waals surface area contributed by atoms with Crippen LogP contribution in [-0.2, 0) is 13.0 Å². The van der Waals surface area contributed by atoms with Crippen molar-refractivity contribution in [1.82, 2.24) is 9.55 Å². The van der Waals surface area contributed by atoms with Crippen molar-refractivity contribution in [2.45, 2.75) is 32.4 Å². The molecule has 1 atom stereocenters. The van der Waals surface area contributed by atoms with E-state index in [4.69, 9.17) is 0 Å². The maximum absolute atomic E-state index is 10.3. The molecular weight excluding hydrogens is 372 g/mol. The summed E-state index contributed by atoms with van der Waals surface area (Å²) in [6, 6.07) is 5.79. The van der Waals surface area contributed by atoms with Gasteiger partial charge in [0.25, 0.3) is 0 Å². The Morgan fingerprint density at radius 1 is 1.32 bits per heavy atom. The number of benzene rings is 1. The van der Waals surface area contributed by atoms with Crippen LogP contribution in [0.15, 0.2) is 39.5 Å². The molecule has 1 aromatic heterocycles. The lowest BCUT2D eigenvalue weighted by Crippen LogP contribution is -2.09. The zero-order valence-electron chi connectivity index (χ0n) is 10.7. The van der Waals surface area contributed by atoms with E-state index in [1.807, 2.05) is 24.4 Å². The average molecular weight is 388 g/mol. The maximum Gasteiger partial charge on any atom is 0.111 e. The zero-order valence-corrected chi connectivity index (χ0v) is 13.9. The van der Waals surface area contributed by atoms with Crippen molar-refractivity contribution in [3.63, 3.8) is 0 Å². The summed E-state index contributed by atoms with van der Waals surface area (Å²) < 4.78 is 4.02. The Labute approximate surface area is 129 Å². The fourth-order valence-corrected chi connectivity index (χ4v) is 2.63. The molecule has 1 heterocycles. The molecule has 0 aliphatic heterocycles. The van der Waals surface area contributed by atoms with Gasteiger partial charge in [0.15, 0.2) is 0 Å². The van der Waals surface area contributed by atoms with Gasteiger partial charge in [-0.05, 0) is 56.0 Å². The quantitative estimate of drug-likeness (QED) is 0.838. The summed E-state index contributed by atoms with van der Waals surface area (Å²) in [6.07, 6.45) is 4.80. The Morgan fingerprint density at radius 2 is 2.11 bits per heavy atom. The third-order valence-corrected chi connectivity index (χ3v) is 4.85. The number of hydrogen-bond donors (Lipinski definition) is 1. The minimum absolute atomic E-state index is 0.529. The van der Waals surface area contributed by atoms with Gasteiger partial charge in [-0.15, -0.1) is 0 Å². The second kappa shape index (κ2) is 6.68. The molecule has 0 fully saturated rings. The molecule has 2 rings (SSSR count). The molecule has 1 aromatic carbocycles. The molecule has 0 aliphatic carbocycles. The Morgan fingerprint density at radius 3 is 2.79 bits per heavy atom. The Balaban J connectivity index is 2.13. The van der Waals surface area contributed by atoms with E-state index in [2.05, 4.69) is 48.3 Å². The summed E-state index contributed by atoms with van der Waals surface area (Å²) in [6.45, 7) is 3.07. The lowest BCUT2D eigenvalue weighted by atomic mass is 10.1. The van der Waals surface area contributed by atoms with Crippen LogP contribution < -0.4 is 0 Å². The minimum atomic E-state index is -0.539. The van der Waals surface area contributed by atoms with E-state index in [1.165, 1.54) is 0 Å². The second-order valence-corrected chi connectivity index (χ2v) is 6.14. The predicted molar refractivity (Wildman–Crippen MR) is 83.0 cm³/mol. The summed E-state index contributed by atoms with van der Waals surface area (Å²) in [5.74, 6) is 0.924. The van der Waals surface area contributed by atoms with Gasteiger partial charge in [0, 0.05) is 34.3 Å². The van der Waals surface area contributed by atoms with Crippen LogP contribution in [0.4, 0.5) is 0 Å². The van der Waals surface area contributed by atoms with Crippen molar-refractivity contribution in [1.29, 1.82) is 0 Å². The minimum Gasteiger partial charge on any atom is -0.388 e. The van der Waals surface area contributed by atoms with Crippen LogP contribution in [-0.4, -0.2) is 14.7 Å². The van der Waals surface area contributed by atoms with E-state index in [9.17, 15) is 5.11 Å². The Bertz CT molecular complexity index is 554. The van der Waals surface area contributed by atoms with E-state index < -0.39 is 6.10 Å². The molecule has 2 aromatic rings. The predicted octanol–water partition coefficient (Wildman–Crippen LogP) is 4.09. The highest BCUT2D eigenvalue weighted by atomic mass is 79.9. The zero-order chi connectivity index (χ0) is 13.8. The highest BCUT2D eigenvalue weighted by Gasteiger charge is 2.13. The van der Waals surface area contributed by atoms with Crippen molar-refractivity contribution in [2.75, 3.05) is 0 Å². The summed E-state index contributed by atoms with van der Waals surface area (Å²) in [5, 5.41) is 10.3. The van der Waals surface area contributed by atoms with E-state index in [1.54, 1.807) is 6.20 Å². The van der Waals surface area contributed by atoms with Gasteiger partial charge in [0.1, 0.15) is 5.82 Å². The Hall–Kier alpha value is -0.650. The summed E-state index contributed by atoms with van der Waals surface area (Å²) in [7, 11) is 0. The number of rotatable bonds is 5. The molecule has 0 radical (unpaired) electrons.